The van der Waals surface area contributed by atoms with E-state index >= 15 is 0 Å². The van der Waals surface area contributed by atoms with Crippen LogP contribution in [-0.2, 0) is 0 Å². The van der Waals surface area contributed by atoms with Crippen LogP contribution in [0.4, 0.5) is 0 Å². The van der Waals surface area contributed by atoms with Gasteiger partial charge >= 0.3 is 0 Å². The van der Waals surface area contributed by atoms with Gasteiger partial charge in [-0.15, -0.1) is 11.3 Å². The van der Waals surface area contributed by atoms with Crippen molar-refractivity contribution in [2.45, 2.75) is 41.5 Å². The zero-order valence-electron chi connectivity index (χ0n) is 12.9. The van der Waals surface area contributed by atoms with Crippen LogP contribution in [0.25, 0.3) is 22.2 Å². The number of rotatable bonds is 2. The summed E-state index contributed by atoms with van der Waals surface area (Å²) in [7, 11) is 0. The van der Waals surface area contributed by atoms with Crippen molar-refractivity contribution in [3.05, 3.63) is 58.1 Å². The van der Waals surface area contributed by atoms with E-state index in [0.29, 0.717) is 5.56 Å². The van der Waals surface area contributed by atoms with Crippen LogP contribution >= 0.6 is 11.3 Å². The Labute approximate surface area is 133 Å². The van der Waals surface area contributed by atoms with E-state index in [-0.39, 0.29) is 12.9 Å². The van der Waals surface area contributed by atoms with Crippen LogP contribution in [-0.4, -0.2) is 0 Å². The molecular formula is C19H28OS. The standard InChI is InChI=1S/C13H10OS.C3H8.C2H6.CH4/c1-3-9-11(4-2)15-12-8-6-5-7-10(12)13(9)14;1-3-2;1-2;/h3-8H,1-2H2;3H2,1-2H3;1-2H3;1H4. The molecular weight excluding hydrogens is 276 g/mol. The van der Waals surface area contributed by atoms with Crippen molar-refractivity contribution in [2.75, 3.05) is 0 Å². The van der Waals surface area contributed by atoms with Gasteiger partial charge in [-0.3, -0.25) is 4.79 Å². The van der Waals surface area contributed by atoms with E-state index in [9.17, 15) is 4.79 Å². The van der Waals surface area contributed by atoms with E-state index in [1.807, 2.05) is 38.1 Å². The van der Waals surface area contributed by atoms with Crippen LogP contribution in [0.2, 0.25) is 0 Å². The summed E-state index contributed by atoms with van der Waals surface area (Å²) in [6.07, 6.45) is 4.55. The molecule has 0 radical (unpaired) electrons. The van der Waals surface area contributed by atoms with Gasteiger partial charge in [0.15, 0.2) is 5.43 Å². The summed E-state index contributed by atoms with van der Waals surface area (Å²) in [4.78, 5) is 12.9. The molecule has 0 fully saturated rings. The monoisotopic (exact) mass is 304 g/mol. The molecule has 2 aromatic rings. The van der Waals surface area contributed by atoms with Crippen molar-refractivity contribution in [1.29, 1.82) is 0 Å². The lowest BCUT2D eigenvalue weighted by Crippen LogP contribution is -2.05. The lowest BCUT2D eigenvalue weighted by Gasteiger charge is -2.02. The van der Waals surface area contributed by atoms with E-state index in [2.05, 4.69) is 27.0 Å². The molecule has 1 aromatic carbocycles. The highest BCUT2D eigenvalue weighted by atomic mass is 32.1. The van der Waals surface area contributed by atoms with E-state index in [1.165, 1.54) is 6.42 Å². The summed E-state index contributed by atoms with van der Waals surface area (Å²) in [5.74, 6) is 0. The van der Waals surface area contributed by atoms with Crippen LogP contribution in [0.3, 0.4) is 0 Å². The Kier molecular flexibility index (Phi) is 12.5. The van der Waals surface area contributed by atoms with E-state index in [0.717, 1.165) is 15.0 Å². The Balaban J connectivity index is 0. The second kappa shape index (κ2) is 12.1. The van der Waals surface area contributed by atoms with E-state index < -0.39 is 0 Å². The van der Waals surface area contributed by atoms with Crippen molar-refractivity contribution in [1.82, 2.24) is 0 Å². The zero-order chi connectivity index (χ0) is 15.5. The van der Waals surface area contributed by atoms with Crippen molar-refractivity contribution in [3.8, 4) is 0 Å². The molecule has 0 aliphatic heterocycles. The number of hydrogen-bond acceptors (Lipinski definition) is 2. The quantitative estimate of drug-likeness (QED) is 0.609. The van der Waals surface area contributed by atoms with E-state index in [1.54, 1.807) is 23.5 Å². The SMILES string of the molecule is C.C=Cc1sc2ccccc2c(=O)c1C=C.CC.CCC. The van der Waals surface area contributed by atoms with Gasteiger partial charge in [-0.05, 0) is 12.1 Å². The molecule has 0 bridgehead atoms. The fourth-order valence-corrected chi connectivity index (χ4v) is 2.54. The van der Waals surface area contributed by atoms with Gasteiger partial charge in [-0.25, -0.2) is 0 Å². The minimum absolute atomic E-state index is 0. The molecule has 2 rings (SSSR count). The Morgan fingerprint density at radius 1 is 1.10 bits per heavy atom. The maximum atomic E-state index is 12.0. The van der Waals surface area contributed by atoms with Crippen molar-refractivity contribution < 1.29 is 0 Å². The summed E-state index contributed by atoms with van der Waals surface area (Å²) in [5.41, 5.74) is 0.683. The first-order valence-corrected chi connectivity index (χ1v) is 7.81. The molecule has 0 saturated carbocycles. The minimum atomic E-state index is 0. The number of benzene rings is 1. The third-order valence-corrected chi connectivity index (χ3v) is 3.43. The summed E-state index contributed by atoms with van der Waals surface area (Å²) in [5, 5.41) is 0.753. The molecule has 21 heavy (non-hydrogen) atoms. The van der Waals surface area contributed by atoms with Crippen molar-refractivity contribution in [2.24, 2.45) is 0 Å². The lowest BCUT2D eigenvalue weighted by atomic mass is 10.1. The van der Waals surface area contributed by atoms with Crippen LogP contribution in [0.5, 0.6) is 0 Å². The topological polar surface area (TPSA) is 17.1 Å². The van der Waals surface area contributed by atoms with Crippen molar-refractivity contribution >= 4 is 33.6 Å². The van der Waals surface area contributed by atoms with Gasteiger partial charge in [-0.2, -0.15) is 0 Å². The van der Waals surface area contributed by atoms with Gasteiger partial charge < -0.3 is 0 Å². The molecule has 1 nitrogen and oxygen atoms in total. The van der Waals surface area contributed by atoms with Crippen LogP contribution in [0.1, 0.15) is 52.0 Å². The molecule has 0 atom stereocenters. The number of hydrogen-bond donors (Lipinski definition) is 0. The molecule has 0 aliphatic carbocycles. The Bertz CT molecular complexity index is 608. The van der Waals surface area contributed by atoms with Crippen LogP contribution < -0.4 is 5.43 Å². The average molecular weight is 304 g/mol. The lowest BCUT2D eigenvalue weighted by molar-refractivity contribution is 1.09. The van der Waals surface area contributed by atoms with Gasteiger partial charge in [0.1, 0.15) is 0 Å². The highest BCUT2D eigenvalue weighted by Crippen LogP contribution is 2.23. The third kappa shape index (κ3) is 5.68. The molecule has 0 N–H and O–H groups in total. The normalized spacial score (nSPS) is 8.38. The maximum absolute atomic E-state index is 12.0. The Morgan fingerprint density at radius 2 is 1.62 bits per heavy atom. The minimum Gasteiger partial charge on any atom is -0.289 e. The molecule has 0 amide bonds. The average Bonchev–Trinajstić information content (AvgIpc) is 2.50. The molecule has 1 aromatic heterocycles. The van der Waals surface area contributed by atoms with Crippen LogP contribution in [0, 0.1) is 0 Å². The maximum Gasteiger partial charge on any atom is 0.195 e. The fourth-order valence-electron chi connectivity index (χ4n) is 1.52. The van der Waals surface area contributed by atoms with Gasteiger partial charge in [-0.1, -0.05) is 79.0 Å². The molecule has 0 spiro atoms. The highest BCUT2D eigenvalue weighted by molar-refractivity contribution is 7.19. The molecule has 0 aliphatic rings. The van der Waals surface area contributed by atoms with Crippen LogP contribution in [0.15, 0.2) is 42.2 Å². The zero-order valence-corrected chi connectivity index (χ0v) is 13.7. The molecule has 116 valence electrons. The first-order chi connectivity index (χ1) is 9.69. The Hall–Kier alpha value is -1.67. The van der Waals surface area contributed by atoms with Gasteiger partial charge in [0, 0.05) is 20.5 Å². The summed E-state index contributed by atoms with van der Waals surface area (Å²) in [6.45, 7) is 15.6. The summed E-state index contributed by atoms with van der Waals surface area (Å²) in [6, 6.07) is 7.59. The number of fused-ring (bicyclic) bond motifs is 1. The smallest absolute Gasteiger partial charge is 0.195 e. The summed E-state index contributed by atoms with van der Waals surface area (Å²) < 4.78 is 0.989. The van der Waals surface area contributed by atoms with Crippen molar-refractivity contribution in [3.63, 3.8) is 0 Å². The summed E-state index contributed by atoms with van der Waals surface area (Å²) >= 11 is 1.56. The Morgan fingerprint density at radius 3 is 2.10 bits per heavy atom. The second-order valence-electron chi connectivity index (χ2n) is 3.82. The van der Waals surface area contributed by atoms with Gasteiger partial charge in [0.05, 0.1) is 0 Å². The molecule has 0 saturated heterocycles. The second-order valence-corrected chi connectivity index (χ2v) is 4.90. The molecule has 1 heterocycles. The molecule has 2 heteroatoms. The highest BCUT2D eigenvalue weighted by Gasteiger charge is 2.06. The van der Waals surface area contributed by atoms with Gasteiger partial charge in [0.25, 0.3) is 0 Å². The largest absolute Gasteiger partial charge is 0.289 e. The predicted octanol–water partition coefficient (Wildman–Crippen LogP) is 6.63. The molecule has 0 unspecified atom stereocenters. The first kappa shape index (κ1) is 21.6. The first-order valence-electron chi connectivity index (χ1n) is 7.00. The fraction of sp³-hybridized carbons (Fsp3) is 0.316. The van der Waals surface area contributed by atoms with E-state index in [4.69, 9.17) is 0 Å². The van der Waals surface area contributed by atoms with Gasteiger partial charge in [0.2, 0.25) is 0 Å². The third-order valence-electron chi connectivity index (χ3n) is 2.25. The predicted molar refractivity (Wildman–Crippen MR) is 102 cm³/mol.